The van der Waals surface area contributed by atoms with Crippen molar-refractivity contribution in [1.29, 1.82) is 0 Å². The second-order valence-corrected chi connectivity index (χ2v) is 5.79. The van der Waals surface area contributed by atoms with Crippen molar-refractivity contribution in [3.8, 4) is 5.75 Å². The molecule has 1 aliphatic heterocycles. The zero-order valence-electron chi connectivity index (χ0n) is 13.7. The van der Waals surface area contributed by atoms with Crippen molar-refractivity contribution in [3.05, 3.63) is 23.8 Å². The average molecular weight is 304 g/mol. The van der Waals surface area contributed by atoms with Gasteiger partial charge in [0.1, 0.15) is 12.3 Å². The van der Waals surface area contributed by atoms with Gasteiger partial charge in [0.15, 0.2) is 6.10 Å². The van der Waals surface area contributed by atoms with Crippen molar-refractivity contribution < 1.29 is 14.3 Å². The number of rotatable bonds is 5. The molecule has 2 rings (SSSR count). The minimum absolute atomic E-state index is 0.0273. The third-order valence-electron chi connectivity index (χ3n) is 3.91. The van der Waals surface area contributed by atoms with Crippen LogP contribution >= 0.6 is 0 Å². The molecule has 0 aromatic heterocycles. The fraction of sp³-hybridized carbons (Fsp3) is 0.529. The van der Waals surface area contributed by atoms with Crippen LogP contribution in [0, 0.1) is 6.92 Å². The van der Waals surface area contributed by atoms with E-state index in [9.17, 15) is 9.59 Å². The number of amides is 2. The van der Waals surface area contributed by atoms with Crippen molar-refractivity contribution in [2.45, 2.75) is 52.7 Å². The lowest BCUT2D eigenvalue weighted by molar-refractivity contribution is -0.129. The minimum Gasteiger partial charge on any atom is -0.478 e. The maximum absolute atomic E-state index is 12.5. The zero-order valence-corrected chi connectivity index (χ0v) is 13.7. The zero-order chi connectivity index (χ0) is 16.3. The van der Waals surface area contributed by atoms with Gasteiger partial charge in [-0.2, -0.15) is 0 Å². The van der Waals surface area contributed by atoms with Gasteiger partial charge in [-0.3, -0.25) is 14.5 Å². The first-order valence-electron chi connectivity index (χ1n) is 7.84. The van der Waals surface area contributed by atoms with E-state index in [0.29, 0.717) is 17.9 Å². The quantitative estimate of drug-likeness (QED) is 0.909. The van der Waals surface area contributed by atoms with Crippen LogP contribution in [0.5, 0.6) is 5.75 Å². The first-order chi connectivity index (χ1) is 10.5. The summed E-state index contributed by atoms with van der Waals surface area (Å²) in [5.41, 5.74) is 1.70. The van der Waals surface area contributed by atoms with Crippen LogP contribution in [-0.2, 0) is 9.59 Å². The number of carbonyl (C=O) groups excluding carboxylic acids is 2. The van der Waals surface area contributed by atoms with Crippen LogP contribution in [-0.4, -0.2) is 30.5 Å². The molecule has 22 heavy (non-hydrogen) atoms. The third-order valence-corrected chi connectivity index (χ3v) is 3.91. The van der Waals surface area contributed by atoms with Gasteiger partial charge in [-0.1, -0.05) is 19.9 Å². The number of nitrogens with zero attached hydrogens (tertiary/aromatic N) is 1. The Morgan fingerprint density at radius 2 is 2.14 bits per heavy atom. The first-order valence-corrected chi connectivity index (χ1v) is 7.84. The number of aryl methyl sites for hydroxylation is 1. The predicted octanol–water partition coefficient (Wildman–Crippen LogP) is 2.41. The lowest BCUT2D eigenvalue weighted by Gasteiger charge is -2.34. The first kappa shape index (κ1) is 16.3. The molecule has 0 aliphatic carbocycles. The molecule has 5 heteroatoms. The van der Waals surface area contributed by atoms with E-state index in [2.05, 4.69) is 5.32 Å². The number of benzene rings is 1. The monoisotopic (exact) mass is 304 g/mol. The summed E-state index contributed by atoms with van der Waals surface area (Å²) < 4.78 is 5.74. The van der Waals surface area contributed by atoms with E-state index in [1.165, 1.54) is 4.90 Å². The maximum atomic E-state index is 12.5. The number of fused-ring (bicyclic) bond motifs is 1. The number of nitrogens with one attached hydrogen (secondary N) is 1. The Morgan fingerprint density at radius 3 is 2.77 bits per heavy atom. The summed E-state index contributed by atoms with van der Waals surface area (Å²) in [6.07, 6.45) is 0.915. The van der Waals surface area contributed by atoms with Gasteiger partial charge in [0.05, 0.1) is 5.69 Å². The molecule has 0 bridgehead atoms. The number of ether oxygens (including phenoxy) is 1. The molecule has 1 N–H and O–H groups in total. The van der Waals surface area contributed by atoms with Crippen LogP contribution in [0.2, 0.25) is 0 Å². The highest BCUT2D eigenvalue weighted by Crippen LogP contribution is 2.35. The van der Waals surface area contributed by atoms with Crippen molar-refractivity contribution in [2.24, 2.45) is 0 Å². The highest BCUT2D eigenvalue weighted by molar-refractivity contribution is 6.03. The molecule has 1 heterocycles. The van der Waals surface area contributed by atoms with Gasteiger partial charge >= 0.3 is 0 Å². The fourth-order valence-corrected chi connectivity index (χ4v) is 2.42. The minimum atomic E-state index is -0.522. The molecule has 1 aromatic carbocycles. The Bertz CT molecular complexity index is 571. The Morgan fingerprint density at radius 1 is 1.41 bits per heavy atom. The Hall–Kier alpha value is -2.04. The molecule has 5 nitrogen and oxygen atoms in total. The molecule has 1 aliphatic rings. The smallest absolute Gasteiger partial charge is 0.268 e. The Labute approximate surface area is 131 Å². The van der Waals surface area contributed by atoms with Gasteiger partial charge in [0, 0.05) is 6.04 Å². The molecule has 1 aromatic rings. The molecule has 2 amide bonds. The third kappa shape index (κ3) is 3.40. The van der Waals surface area contributed by atoms with E-state index in [1.54, 1.807) is 0 Å². The van der Waals surface area contributed by atoms with Crippen LogP contribution in [0.4, 0.5) is 5.69 Å². The molecule has 0 saturated heterocycles. The van der Waals surface area contributed by atoms with Gasteiger partial charge in [-0.05, 0) is 44.4 Å². The van der Waals surface area contributed by atoms with Crippen LogP contribution < -0.4 is 15.0 Å². The Kier molecular flexibility index (Phi) is 5.06. The summed E-state index contributed by atoms with van der Waals surface area (Å²) in [6, 6.07) is 5.79. The van der Waals surface area contributed by atoms with Crippen LogP contribution in [0.1, 0.15) is 39.2 Å². The number of anilines is 1. The molecule has 0 spiro atoms. The largest absolute Gasteiger partial charge is 0.478 e. The summed E-state index contributed by atoms with van der Waals surface area (Å²) in [4.78, 5) is 26.3. The summed E-state index contributed by atoms with van der Waals surface area (Å²) in [6.45, 7) is 7.84. The number of carbonyl (C=O) groups is 2. The average Bonchev–Trinajstić information content (AvgIpc) is 2.50. The summed E-state index contributed by atoms with van der Waals surface area (Å²) in [5.74, 6) is 0.361. The molecular formula is C17H24N2O3. The number of hydrogen-bond donors (Lipinski definition) is 1. The lowest BCUT2D eigenvalue weighted by atomic mass is 10.1. The van der Waals surface area contributed by atoms with Gasteiger partial charge in [0.25, 0.3) is 5.91 Å². The van der Waals surface area contributed by atoms with Crippen molar-refractivity contribution in [2.75, 3.05) is 11.4 Å². The van der Waals surface area contributed by atoms with Gasteiger partial charge in [-0.15, -0.1) is 0 Å². The molecule has 120 valence electrons. The second kappa shape index (κ2) is 6.81. The molecule has 0 fully saturated rings. The van der Waals surface area contributed by atoms with E-state index in [4.69, 9.17) is 4.74 Å². The molecule has 0 saturated carbocycles. The second-order valence-electron chi connectivity index (χ2n) is 5.79. The van der Waals surface area contributed by atoms with Crippen molar-refractivity contribution in [1.82, 2.24) is 5.32 Å². The van der Waals surface area contributed by atoms with E-state index < -0.39 is 6.10 Å². The SMILES string of the molecule is CCC(C)NC(=O)CN1C(=O)C(CC)Oc2ccc(C)cc21. The topological polar surface area (TPSA) is 58.6 Å². The molecule has 2 unspecified atom stereocenters. The number of hydrogen-bond acceptors (Lipinski definition) is 3. The fourth-order valence-electron chi connectivity index (χ4n) is 2.42. The van der Waals surface area contributed by atoms with Gasteiger partial charge < -0.3 is 10.1 Å². The highest BCUT2D eigenvalue weighted by atomic mass is 16.5. The molecule has 2 atom stereocenters. The van der Waals surface area contributed by atoms with E-state index in [1.807, 2.05) is 45.9 Å². The van der Waals surface area contributed by atoms with E-state index in [-0.39, 0.29) is 24.4 Å². The van der Waals surface area contributed by atoms with E-state index in [0.717, 1.165) is 12.0 Å². The van der Waals surface area contributed by atoms with Crippen LogP contribution in [0.25, 0.3) is 0 Å². The Balaban J connectivity index is 2.26. The van der Waals surface area contributed by atoms with Crippen molar-refractivity contribution in [3.63, 3.8) is 0 Å². The normalized spacial score (nSPS) is 18.5. The summed E-state index contributed by atoms with van der Waals surface area (Å²) in [7, 11) is 0. The van der Waals surface area contributed by atoms with Crippen LogP contribution in [0.15, 0.2) is 18.2 Å². The summed E-state index contributed by atoms with van der Waals surface area (Å²) >= 11 is 0. The van der Waals surface area contributed by atoms with Crippen LogP contribution in [0.3, 0.4) is 0 Å². The highest BCUT2D eigenvalue weighted by Gasteiger charge is 2.34. The van der Waals surface area contributed by atoms with Gasteiger partial charge in [-0.25, -0.2) is 0 Å². The van der Waals surface area contributed by atoms with Crippen molar-refractivity contribution >= 4 is 17.5 Å². The lowest BCUT2D eigenvalue weighted by Crippen LogP contribution is -2.50. The maximum Gasteiger partial charge on any atom is 0.268 e. The van der Waals surface area contributed by atoms with E-state index >= 15 is 0 Å². The summed E-state index contributed by atoms with van der Waals surface area (Å²) in [5, 5.41) is 2.90. The van der Waals surface area contributed by atoms with Gasteiger partial charge in [0.2, 0.25) is 5.91 Å². The molecular weight excluding hydrogens is 280 g/mol. The standard InChI is InChI=1S/C17H24N2O3/c1-5-12(4)18-16(20)10-19-13-9-11(3)7-8-15(13)22-14(6-2)17(19)21/h7-9,12,14H,5-6,10H2,1-4H3,(H,18,20). The predicted molar refractivity (Wildman–Crippen MR) is 86.1 cm³/mol. The molecule has 0 radical (unpaired) electrons.